The summed E-state index contributed by atoms with van der Waals surface area (Å²) in [7, 11) is 1.50. The van der Waals surface area contributed by atoms with Crippen molar-refractivity contribution in [3.63, 3.8) is 0 Å². The maximum absolute atomic E-state index is 12.3. The van der Waals surface area contributed by atoms with Crippen LogP contribution in [-0.4, -0.2) is 83.0 Å². The van der Waals surface area contributed by atoms with E-state index >= 15 is 0 Å². The van der Waals surface area contributed by atoms with Crippen molar-refractivity contribution in [2.45, 2.75) is 51.1 Å². The first-order valence-corrected chi connectivity index (χ1v) is 13.1. The van der Waals surface area contributed by atoms with E-state index in [1.807, 2.05) is 41.3 Å². The zero-order chi connectivity index (χ0) is 25.9. The Bertz CT molecular complexity index is 1220. The van der Waals surface area contributed by atoms with Crippen LogP contribution in [0.2, 0.25) is 0 Å². The molecule has 2 unspecified atom stereocenters. The van der Waals surface area contributed by atoms with Crippen LogP contribution in [0.1, 0.15) is 36.2 Å². The van der Waals surface area contributed by atoms with E-state index in [-0.39, 0.29) is 6.04 Å². The lowest BCUT2D eigenvalue weighted by Crippen LogP contribution is -2.45. The van der Waals surface area contributed by atoms with Crippen molar-refractivity contribution in [1.29, 1.82) is 0 Å². The number of morpholine rings is 1. The van der Waals surface area contributed by atoms with Gasteiger partial charge in [-0.15, -0.1) is 0 Å². The Morgan fingerprint density at radius 2 is 1.92 bits per heavy atom. The number of carbonyl (C=O) groups is 1. The van der Waals surface area contributed by atoms with Gasteiger partial charge in [-0.3, -0.25) is 9.69 Å². The molecule has 1 saturated heterocycles. The number of rotatable bonds is 9. The summed E-state index contributed by atoms with van der Waals surface area (Å²) in [5.74, 6) is -0.781. The van der Waals surface area contributed by atoms with Gasteiger partial charge in [-0.1, -0.05) is 30.3 Å². The molecular weight excluding hydrogens is 472 g/mol. The molecule has 9 heteroatoms. The second kappa shape index (κ2) is 11.2. The number of imidazole rings is 1. The highest BCUT2D eigenvalue weighted by molar-refractivity contribution is 5.86. The lowest BCUT2D eigenvalue weighted by molar-refractivity contribution is -0.138. The zero-order valence-corrected chi connectivity index (χ0v) is 21.5. The summed E-state index contributed by atoms with van der Waals surface area (Å²) < 4.78 is 13.0. The molecule has 3 heterocycles. The maximum Gasteiger partial charge on any atom is 0.311 e. The molecule has 3 atom stereocenters. The highest BCUT2D eigenvalue weighted by atomic mass is 16.6. The second-order valence-electron chi connectivity index (χ2n) is 9.93. The lowest BCUT2D eigenvalue weighted by atomic mass is 9.95. The minimum Gasteiger partial charge on any atom is -0.481 e. The second-order valence-corrected chi connectivity index (χ2v) is 9.93. The third kappa shape index (κ3) is 5.22. The SMILES string of the molecule is COC(O)N1c2ccc3c(nc(CC(C(=O)O)c4ccccc4)n3CCN3CCOCC3)c2CC[C@@H]1C. The third-order valence-corrected chi connectivity index (χ3v) is 7.72. The van der Waals surface area contributed by atoms with Crippen LogP contribution in [0.5, 0.6) is 0 Å². The molecule has 3 aromatic rings. The van der Waals surface area contributed by atoms with Crippen LogP contribution in [0.4, 0.5) is 5.69 Å². The van der Waals surface area contributed by atoms with Gasteiger partial charge < -0.3 is 29.2 Å². The van der Waals surface area contributed by atoms with E-state index in [1.165, 1.54) is 7.11 Å². The van der Waals surface area contributed by atoms with E-state index in [0.717, 1.165) is 79.4 Å². The molecule has 0 spiro atoms. The molecule has 0 radical (unpaired) electrons. The van der Waals surface area contributed by atoms with Gasteiger partial charge in [0.15, 0.2) is 0 Å². The molecule has 0 bridgehead atoms. The van der Waals surface area contributed by atoms with Crippen molar-refractivity contribution in [2.24, 2.45) is 0 Å². The average Bonchev–Trinajstić information content (AvgIpc) is 3.28. The van der Waals surface area contributed by atoms with Crippen LogP contribution in [0, 0.1) is 0 Å². The molecule has 1 aromatic heterocycles. The fraction of sp³-hybridized carbons (Fsp3) is 0.500. The third-order valence-electron chi connectivity index (χ3n) is 7.72. The Kier molecular flexibility index (Phi) is 7.76. The van der Waals surface area contributed by atoms with Crippen LogP contribution in [-0.2, 0) is 33.7 Å². The minimum atomic E-state index is -1.04. The Morgan fingerprint density at radius 3 is 2.62 bits per heavy atom. The maximum atomic E-state index is 12.3. The predicted molar refractivity (Wildman–Crippen MR) is 141 cm³/mol. The summed E-state index contributed by atoms with van der Waals surface area (Å²) in [4.78, 5) is 21.7. The van der Waals surface area contributed by atoms with Gasteiger partial charge in [-0.2, -0.15) is 0 Å². The summed E-state index contributed by atoms with van der Waals surface area (Å²) in [6.45, 7) is 6.88. The molecular formula is C28H36N4O5. The number of aliphatic hydroxyl groups excluding tert-OH is 1. The van der Waals surface area contributed by atoms with E-state index in [1.54, 1.807) is 0 Å². The first kappa shape index (κ1) is 25.7. The molecule has 9 nitrogen and oxygen atoms in total. The molecule has 37 heavy (non-hydrogen) atoms. The summed E-state index contributed by atoms with van der Waals surface area (Å²) in [5, 5.41) is 20.7. The highest BCUT2D eigenvalue weighted by Gasteiger charge is 2.31. The molecule has 2 aliphatic rings. The summed E-state index contributed by atoms with van der Waals surface area (Å²) in [5.41, 5.74) is 4.65. The monoisotopic (exact) mass is 508 g/mol. The quantitative estimate of drug-likeness (QED) is 0.426. The predicted octanol–water partition coefficient (Wildman–Crippen LogP) is 2.84. The topological polar surface area (TPSA) is 100 Å². The van der Waals surface area contributed by atoms with Crippen LogP contribution < -0.4 is 4.90 Å². The van der Waals surface area contributed by atoms with Crippen molar-refractivity contribution in [2.75, 3.05) is 44.9 Å². The number of nitrogens with zero attached hydrogens (tertiary/aromatic N) is 4. The number of benzene rings is 2. The van der Waals surface area contributed by atoms with E-state index in [2.05, 4.69) is 22.5 Å². The fourth-order valence-electron chi connectivity index (χ4n) is 5.64. The van der Waals surface area contributed by atoms with Gasteiger partial charge in [0.1, 0.15) is 5.82 Å². The number of carboxylic acids is 1. The number of hydrogen-bond donors (Lipinski definition) is 2. The largest absolute Gasteiger partial charge is 0.481 e. The number of hydrogen-bond acceptors (Lipinski definition) is 7. The van der Waals surface area contributed by atoms with Crippen molar-refractivity contribution in [1.82, 2.24) is 14.5 Å². The van der Waals surface area contributed by atoms with E-state index in [0.29, 0.717) is 13.0 Å². The number of aryl methyl sites for hydroxylation is 1. The molecule has 2 N–H and O–H groups in total. The van der Waals surface area contributed by atoms with Gasteiger partial charge in [-0.25, -0.2) is 4.98 Å². The lowest BCUT2D eigenvalue weighted by Gasteiger charge is -2.39. The van der Waals surface area contributed by atoms with Crippen LogP contribution in [0.15, 0.2) is 42.5 Å². The summed E-state index contributed by atoms with van der Waals surface area (Å²) >= 11 is 0. The van der Waals surface area contributed by atoms with Gasteiger partial charge in [0.05, 0.1) is 30.2 Å². The first-order valence-electron chi connectivity index (χ1n) is 13.1. The molecule has 198 valence electrons. The smallest absolute Gasteiger partial charge is 0.311 e. The molecule has 2 aromatic carbocycles. The molecule has 0 saturated carbocycles. The molecule has 0 aliphatic carbocycles. The molecule has 2 aliphatic heterocycles. The Labute approximate surface area is 217 Å². The number of fused-ring (bicyclic) bond motifs is 3. The normalized spacial score (nSPS) is 20.1. The number of carboxylic acid groups (broad SMARTS) is 1. The van der Waals surface area contributed by atoms with Crippen molar-refractivity contribution >= 4 is 22.7 Å². The molecule has 5 rings (SSSR count). The van der Waals surface area contributed by atoms with Crippen molar-refractivity contribution in [3.8, 4) is 0 Å². The van der Waals surface area contributed by atoms with Crippen LogP contribution in [0.25, 0.3) is 11.0 Å². The Balaban J connectivity index is 1.57. The van der Waals surface area contributed by atoms with Crippen molar-refractivity contribution in [3.05, 3.63) is 59.4 Å². The van der Waals surface area contributed by atoms with Gasteiger partial charge in [0, 0.05) is 57.0 Å². The Morgan fingerprint density at radius 1 is 1.16 bits per heavy atom. The van der Waals surface area contributed by atoms with E-state index in [4.69, 9.17) is 14.5 Å². The molecule has 0 amide bonds. The van der Waals surface area contributed by atoms with Gasteiger partial charge in [-0.05, 0) is 37.5 Å². The van der Waals surface area contributed by atoms with Crippen molar-refractivity contribution < 1.29 is 24.5 Å². The number of ether oxygens (including phenoxy) is 2. The van der Waals surface area contributed by atoms with Crippen LogP contribution >= 0.6 is 0 Å². The van der Waals surface area contributed by atoms with Gasteiger partial charge in [0.25, 0.3) is 0 Å². The first-order chi connectivity index (χ1) is 18.0. The Hall–Kier alpha value is -2.98. The van der Waals surface area contributed by atoms with E-state index < -0.39 is 18.3 Å². The summed E-state index contributed by atoms with van der Waals surface area (Å²) in [6, 6.07) is 13.6. The standard InChI is InChI=1S/C28H36N4O5/c1-19-8-9-21-23(32(19)28(35)36-2)10-11-24-26(21)29-25(31(24)13-12-30-14-16-37-17-15-30)18-22(27(33)34)20-6-4-3-5-7-20/h3-7,10-11,19,22,28,35H,8-9,12-18H2,1-2H3,(H,33,34)/t19-,22?,28?/m0/s1. The fourth-order valence-corrected chi connectivity index (χ4v) is 5.64. The number of aromatic nitrogens is 2. The number of anilines is 1. The van der Waals surface area contributed by atoms with E-state index in [9.17, 15) is 15.0 Å². The number of methoxy groups -OCH3 is 1. The van der Waals surface area contributed by atoms with Crippen LogP contribution in [0.3, 0.4) is 0 Å². The summed E-state index contributed by atoms with van der Waals surface area (Å²) in [6.07, 6.45) is 0.961. The van der Waals surface area contributed by atoms with Gasteiger partial charge >= 0.3 is 5.97 Å². The molecule has 1 fully saturated rings. The van der Waals surface area contributed by atoms with Gasteiger partial charge in [0.2, 0.25) is 6.41 Å². The minimum absolute atomic E-state index is 0.122. The zero-order valence-electron chi connectivity index (χ0n) is 21.5. The number of aliphatic carboxylic acids is 1. The highest BCUT2D eigenvalue weighted by Crippen LogP contribution is 2.37. The average molecular weight is 509 g/mol. The number of aliphatic hydroxyl groups is 1.